The zero-order chi connectivity index (χ0) is 7.68. The second-order valence-electron chi connectivity index (χ2n) is 2.43. The van der Waals surface area contributed by atoms with Gasteiger partial charge < -0.3 is 9.40 Å². The van der Waals surface area contributed by atoms with E-state index in [2.05, 4.69) is 9.97 Å². The number of aromatic nitrogens is 2. The molecule has 0 saturated heterocycles. The van der Waals surface area contributed by atoms with Crippen LogP contribution >= 0.6 is 0 Å². The fourth-order valence-corrected chi connectivity index (χ4v) is 0.959. The number of hydrogen-bond donors (Lipinski definition) is 1. The van der Waals surface area contributed by atoms with E-state index in [0.29, 0.717) is 0 Å². The van der Waals surface area contributed by atoms with E-state index in [1.165, 1.54) is 0 Å². The maximum absolute atomic E-state index is 4.92. The van der Waals surface area contributed by atoms with Gasteiger partial charge in [-0.15, -0.1) is 0 Å². The molecule has 0 unspecified atom stereocenters. The first-order chi connectivity index (χ1) is 5.36. The molecular weight excluding hydrogens is 140 g/mol. The number of rotatable bonds is 1. The van der Waals surface area contributed by atoms with Crippen molar-refractivity contribution in [2.45, 2.75) is 6.92 Å². The van der Waals surface area contributed by atoms with E-state index in [-0.39, 0.29) is 0 Å². The Balaban J connectivity index is 2.45. The van der Waals surface area contributed by atoms with E-state index in [0.717, 1.165) is 17.1 Å². The lowest BCUT2D eigenvalue weighted by atomic mass is 10.3. The summed E-state index contributed by atoms with van der Waals surface area (Å²) in [6, 6.07) is 1.87. The molecule has 2 aromatic rings. The first-order valence-electron chi connectivity index (χ1n) is 3.40. The second-order valence-corrected chi connectivity index (χ2v) is 2.43. The summed E-state index contributed by atoms with van der Waals surface area (Å²) in [4.78, 5) is 7.25. The van der Waals surface area contributed by atoms with Crippen LogP contribution in [0.4, 0.5) is 0 Å². The van der Waals surface area contributed by atoms with Gasteiger partial charge in [-0.1, -0.05) is 0 Å². The van der Waals surface area contributed by atoms with Crippen molar-refractivity contribution in [3.05, 3.63) is 30.5 Å². The minimum Gasteiger partial charge on any atom is -0.472 e. The molecule has 2 rings (SSSR count). The summed E-state index contributed by atoms with van der Waals surface area (Å²) < 4.78 is 4.92. The van der Waals surface area contributed by atoms with E-state index < -0.39 is 0 Å². The largest absolute Gasteiger partial charge is 0.472 e. The molecular formula is C8H8N2O. The maximum atomic E-state index is 4.92. The van der Waals surface area contributed by atoms with Crippen molar-refractivity contribution < 1.29 is 4.42 Å². The number of hydrogen-bond acceptors (Lipinski definition) is 2. The summed E-state index contributed by atoms with van der Waals surface area (Å²) in [5.41, 5.74) is 2.04. The van der Waals surface area contributed by atoms with Crippen LogP contribution in [0.25, 0.3) is 11.4 Å². The lowest BCUT2D eigenvalue weighted by Gasteiger charge is -1.85. The monoisotopic (exact) mass is 148 g/mol. The number of nitrogens with zero attached hydrogens (tertiary/aromatic N) is 1. The van der Waals surface area contributed by atoms with Crippen LogP contribution in [0, 0.1) is 6.92 Å². The lowest BCUT2D eigenvalue weighted by molar-refractivity contribution is 0.568. The summed E-state index contributed by atoms with van der Waals surface area (Å²) in [6.45, 7) is 1.97. The van der Waals surface area contributed by atoms with Gasteiger partial charge in [-0.2, -0.15) is 0 Å². The van der Waals surface area contributed by atoms with Crippen molar-refractivity contribution in [2.24, 2.45) is 0 Å². The van der Waals surface area contributed by atoms with Gasteiger partial charge >= 0.3 is 0 Å². The number of nitrogens with one attached hydrogen (secondary N) is 1. The average Bonchev–Trinajstić information content (AvgIpc) is 2.55. The number of aromatic amines is 1. The molecule has 1 N–H and O–H groups in total. The number of furan rings is 1. The van der Waals surface area contributed by atoms with Gasteiger partial charge in [0.2, 0.25) is 0 Å². The van der Waals surface area contributed by atoms with Crippen LogP contribution in [0.3, 0.4) is 0 Å². The fraction of sp³-hybridized carbons (Fsp3) is 0.125. The van der Waals surface area contributed by atoms with Crippen molar-refractivity contribution in [1.82, 2.24) is 9.97 Å². The Morgan fingerprint density at radius 1 is 1.55 bits per heavy atom. The Morgan fingerprint density at radius 2 is 2.45 bits per heavy atom. The van der Waals surface area contributed by atoms with Gasteiger partial charge in [-0.05, 0) is 13.0 Å². The lowest BCUT2D eigenvalue weighted by Crippen LogP contribution is -1.74. The predicted octanol–water partition coefficient (Wildman–Crippen LogP) is 1.98. The molecule has 2 heterocycles. The molecule has 2 aromatic heterocycles. The van der Waals surface area contributed by atoms with Crippen LogP contribution < -0.4 is 0 Å². The van der Waals surface area contributed by atoms with Gasteiger partial charge in [0.1, 0.15) is 12.1 Å². The Hall–Kier alpha value is -1.51. The second kappa shape index (κ2) is 2.27. The molecule has 11 heavy (non-hydrogen) atoms. The fourth-order valence-electron chi connectivity index (χ4n) is 0.959. The summed E-state index contributed by atoms with van der Waals surface area (Å²) >= 11 is 0. The Kier molecular flexibility index (Phi) is 1.28. The van der Waals surface area contributed by atoms with Crippen molar-refractivity contribution >= 4 is 0 Å². The molecule has 0 aliphatic rings. The van der Waals surface area contributed by atoms with Gasteiger partial charge in [0, 0.05) is 11.9 Å². The summed E-state index contributed by atoms with van der Waals surface area (Å²) in [6.07, 6.45) is 5.09. The molecule has 0 fully saturated rings. The topological polar surface area (TPSA) is 41.8 Å². The average molecular weight is 148 g/mol. The normalized spacial score (nSPS) is 10.3. The molecule has 0 aliphatic carbocycles. The van der Waals surface area contributed by atoms with Gasteiger partial charge in [0.15, 0.2) is 0 Å². The first-order valence-corrected chi connectivity index (χ1v) is 3.40. The predicted molar refractivity (Wildman–Crippen MR) is 41.0 cm³/mol. The number of imidazole rings is 1. The standard InChI is InChI=1S/C8H8N2O/c1-6-4-9-8(10-6)7-2-3-11-5-7/h2-5H,1H3,(H,9,10). The van der Waals surface area contributed by atoms with Gasteiger partial charge in [0.05, 0.1) is 11.8 Å². The third kappa shape index (κ3) is 1.05. The minimum atomic E-state index is 0.858. The summed E-state index contributed by atoms with van der Waals surface area (Å²) in [7, 11) is 0. The van der Waals surface area contributed by atoms with Gasteiger partial charge in [-0.3, -0.25) is 0 Å². The highest BCUT2D eigenvalue weighted by Gasteiger charge is 2.00. The molecule has 0 radical (unpaired) electrons. The molecule has 3 heteroatoms. The quantitative estimate of drug-likeness (QED) is 0.671. The summed E-state index contributed by atoms with van der Waals surface area (Å²) in [5.74, 6) is 0.858. The first kappa shape index (κ1) is 6.22. The maximum Gasteiger partial charge on any atom is 0.140 e. The minimum absolute atomic E-state index is 0.858. The van der Waals surface area contributed by atoms with Crippen LogP contribution in [0.5, 0.6) is 0 Å². The zero-order valence-electron chi connectivity index (χ0n) is 6.16. The number of aryl methyl sites for hydroxylation is 1. The molecule has 56 valence electrons. The Labute approximate surface area is 64.1 Å². The van der Waals surface area contributed by atoms with Crippen LogP contribution in [0.2, 0.25) is 0 Å². The summed E-state index contributed by atoms with van der Waals surface area (Å²) in [5, 5.41) is 0. The molecule has 0 amide bonds. The van der Waals surface area contributed by atoms with E-state index in [4.69, 9.17) is 4.42 Å². The van der Waals surface area contributed by atoms with E-state index in [9.17, 15) is 0 Å². The van der Waals surface area contributed by atoms with Crippen LogP contribution in [-0.4, -0.2) is 9.97 Å². The molecule has 0 atom stereocenters. The van der Waals surface area contributed by atoms with Gasteiger partial charge in [0.25, 0.3) is 0 Å². The molecule has 0 spiro atoms. The molecule has 0 saturated carbocycles. The third-order valence-electron chi connectivity index (χ3n) is 1.50. The zero-order valence-corrected chi connectivity index (χ0v) is 6.16. The highest BCUT2D eigenvalue weighted by atomic mass is 16.3. The van der Waals surface area contributed by atoms with Crippen molar-refractivity contribution in [3.63, 3.8) is 0 Å². The highest BCUT2D eigenvalue weighted by molar-refractivity contribution is 5.52. The molecule has 0 aliphatic heterocycles. The van der Waals surface area contributed by atoms with Gasteiger partial charge in [-0.25, -0.2) is 4.98 Å². The molecule has 0 aromatic carbocycles. The molecule has 3 nitrogen and oxygen atoms in total. The van der Waals surface area contributed by atoms with Crippen molar-refractivity contribution in [3.8, 4) is 11.4 Å². The Bertz CT molecular complexity index is 335. The third-order valence-corrected chi connectivity index (χ3v) is 1.50. The van der Waals surface area contributed by atoms with E-state index >= 15 is 0 Å². The Morgan fingerprint density at radius 3 is 3.00 bits per heavy atom. The van der Waals surface area contributed by atoms with Crippen molar-refractivity contribution in [2.75, 3.05) is 0 Å². The van der Waals surface area contributed by atoms with E-state index in [1.807, 2.05) is 13.0 Å². The van der Waals surface area contributed by atoms with Crippen molar-refractivity contribution in [1.29, 1.82) is 0 Å². The van der Waals surface area contributed by atoms with Crippen LogP contribution in [0.1, 0.15) is 5.69 Å². The molecule has 0 bridgehead atoms. The number of H-pyrrole nitrogens is 1. The van der Waals surface area contributed by atoms with Crippen LogP contribution in [0.15, 0.2) is 29.2 Å². The van der Waals surface area contributed by atoms with E-state index in [1.54, 1.807) is 18.7 Å². The van der Waals surface area contributed by atoms with Crippen LogP contribution in [-0.2, 0) is 0 Å². The highest BCUT2D eigenvalue weighted by Crippen LogP contribution is 2.14. The SMILES string of the molecule is Cc1cnc(-c2ccoc2)[nH]1. The smallest absolute Gasteiger partial charge is 0.140 e.